The summed E-state index contributed by atoms with van der Waals surface area (Å²) in [6.07, 6.45) is 2.90. The fraction of sp³-hybridized carbons (Fsp3) is 0.467. The zero-order chi connectivity index (χ0) is 16.4. The Balaban J connectivity index is 2.16. The number of carbonyl (C=O) groups excluding carboxylic acids is 1. The van der Waals surface area contributed by atoms with Gasteiger partial charge in [0, 0.05) is 19.8 Å². The Labute approximate surface area is 130 Å². The van der Waals surface area contributed by atoms with E-state index in [2.05, 4.69) is 11.4 Å². The third-order valence-electron chi connectivity index (χ3n) is 4.00. The molecule has 0 aliphatic heterocycles. The Kier molecular flexibility index (Phi) is 4.54. The van der Waals surface area contributed by atoms with Gasteiger partial charge in [0.15, 0.2) is 0 Å². The van der Waals surface area contributed by atoms with Gasteiger partial charge < -0.3 is 5.32 Å². The quantitative estimate of drug-likeness (QED) is 0.918. The standard InChI is InChI=1S/C15H19N3O3S/c1-18(2)22(20,21)13-7-5-12(6-8-13)17-14(19)15(11-16)9-3-4-10-15/h5-8H,3-4,9-10H2,1-2H3,(H,17,19). The highest BCUT2D eigenvalue weighted by molar-refractivity contribution is 7.89. The highest BCUT2D eigenvalue weighted by atomic mass is 32.2. The van der Waals surface area contributed by atoms with E-state index in [0.717, 1.165) is 17.1 Å². The molecule has 1 aliphatic rings. The fourth-order valence-electron chi connectivity index (χ4n) is 2.54. The van der Waals surface area contributed by atoms with Crippen molar-refractivity contribution in [3.05, 3.63) is 24.3 Å². The van der Waals surface area contributed by atoms with E-state index in [-0.39, 0.29) is 10.8 Å². The summed E-state index contributed by atoms with van der Waals surface area (Å²) in [5.74, 6) is -0.310. The first-order chi connectivity index (χ1) is 10.3. The van der Waals surface area contributed by atoms with Crippen molar-refractivity contribution < 1.29 is 13.2 Å². The number of benzene rings is 1. The molecule has 1 aliphatic carbocycles. The van der Waals surface area contributed by atoms with Crippen LogP contribution in [0.5, 0.6) is 0 Å². The summed E-state index contributed by atoms with van der Waals surface area (Å²) in [6, 6.07) is 8.09. The minimum atomic E-state index is -3.49. The first kappa shape index (κ1) is 16.5. The van der Waals surface area contributed by atoms with Crippen molar-refractivity contribution in [1.29, 1.82) is 5.26 Å². The van der Waals surface area contributed by atoms with Crippen LogP contribution in [0.3, 0.4) is 0 Å². The Morgan fingerprint density at radius 3 is 2.23 bits per heavy atom. The van der Waals surface area contributed by atoms with E-state index in [1.54, 1.807) is 0 Å². The van der Waals surface area contributed by atoms with Crippen molar-refractivity contribution in [1.82, 2.24) is 4.31 Å². The SMILES string of the molecule is CN(C)S(=O)(=O)c1ccc(NC(=O)C2(C#N)CCCC2)cc1. The molecule has 0 heterocycles. The molecule has 0 radical (unpaired) electrons. The number of nitriles is 1. The molecule has 1 N–H and O–H groups in total. The second-order valence-corrected chi connectivity index (χ2v) is 7.82. The minimum Gasteiger partial charge on any atom is -0.325 e. The van der Waals surface area contributed by atoms with E-state index in [1.165, 1.54) is 38.4 Å². The molecule has 118 valence electrons. The van der Waals surface area contributed by atoms with Crippen molar-refractivity contribution in [3.8, 4) is 6.07 Å². The average Bonchev–Trinajstić information content (AvgIpc) is 2.98. The zero-order valence-corrected chi connectivity index (χ0v) is 13.5. The van der Waals surface area contributed by atoms with Crippen LogP contribution >= 0.6 is 0 Å². The lowest BCUT2D eigenvalue weighted by Gasteiger charge is -2.19. The van der Waals surface area contributed by atoms with Gasteiger partial charge in [0.25, 0.3) is 0 Å². The fourth-order valence-corrected chi connectivity index (χ4v) is 3.44. The van der Waals surface area contributed by atoms with Crippen molar-refractivity contribution in [2.45, 2.75) is 30.6 Å². The van der Waals surface area contributed by atoms with Crippen LogP contribution in [0, 0.1) is 16.7 Å². The van der Waals surface area contributed by atoms with Crippen LogP contribution in [0.4, 0.5) is 5.69 Å². The van der Waals surface area contributed by atoms with Gasteiger partial charge in [-0.3, -0.25) is 4.79 Å². The average molecular weight is 321 g/mol. The van der Waals surface area contributed by atoms with Gasteiger partial charge in [-0.25, -0.2) is 12.7 Å². The van der Waals surface area contributed by atoms with Gasteiger partial charge in [-0.2, -0.15) is 5.26 Å². The van der Waals surface area contributed by atoms with E-state index in [0.29, 0.717) is 18.5 Å². The van der Waals surface area contributed by atoms with Gasteiger partial charge in [-0.1, -0.05) is 12.8 Å². The Morgan fingerprint density at radius 1 is 1.23 bits per heavy atom. The van der Waals surface area contributed by atoms with Crippen LogP contribution in [0.15, 0.2) is 29.2 Å². The van der Waals surface area contributed by atoms with Crippen molar-refractivity contribution in [3.63, 3.8) is 0 Å². The molecule has 1 amide bonds. The summed E-state index contributed by atoms with van der Waals surface area (Å²) < 4.78 is 25.1. The third kappa shape index (κ3) is 2.98. The molecule has 0 aromatic heterocycles. The Morgan fingerprint density at radius 2 is 1.77 bits per heavy atom. The maximum atomic E-state index is 12.3. The van der Waals surface area contributed by atoms with Crippen LogP contribution in [0.1, 0.15) is 25.7 Å². The number of amides is 1. The molecule has 1 fully saturated rings. The lowest BCUT2D eigenvalue weighted by Crippen LogP contribution is -2.32. The first-order valence-corrected chi connectivity index (χ1v) is 8.51. The van der Waals surface area contributed by atoms with Gasteiger partial charge in [0.05, 0.1) is 11.0 Å². The lowest BCUT2D eigenvalue weighted by atomic mass is 9.87. The molecule has 0 spiro atoms. The summed E-state index contributed by atoms with van der Waals surface area (Å²) in [6.45, 7) is 0. The predicted octanol–water partition coefficient (Wildman–Crippen LogP) is 1.96. The minimum absolute atomic E-state index is 0.159. The molecular weight excluding hydrogens is 302 g/mol. The molecule has 0 unspecified atom stereocenters. The zero-order valence-electron chi connectivity index (χ0n) is 12.7. The molecule has 6 nitrogen and oxygen atoms in total. The molecule has 2 rings (SSSR count). The summed E-state index contributed by atoms with van der Waals surface area (Å²) in [5.41, 5.74) is -0.460. The van der Waals surface area contributed by atoms with Crippen LogP contribution in [0.2, 0.25) is 0 Å². The van der Waals surface area contributed by atoms with E-state index in [4.69, 9.17) is 0 Å². The van der Waals surface area contributed by atoms with Crippen LogP contribution < -0.4 is 5.32 Å². The number of hydrogen-bond acceptors (Lipinski definition) is 4. The van der Waals surface area contributed by atoms with Gasteiger partial charge in [-0.05, 0) is 37.1 Å². The van der Waals surface area contributed by atoms with Crippen molar-refractivity contribution in [2.75, 3.05) is 19.4 Å². The second kappa shape index (κ2) is 6.07. The summed E-state index contributed by atoms with van der Waals surface area (Å²) in [4.78, 5) is 12.5. The number of rotatable bonds is 4. The van der Waals surface area contributed by atoms with Crippen LogP contribution in [-0.4, -0.2) is 32.7 Å². The summed E-state index contributed by atoms with van der Waals surface area (Å²) >= 11 is 0. The number of carbonyl (C=O) groups is 1. The maximum Gasteiger partial charge on any atom is 0.244 e. The largest absolute Gasteiger partial charge is 0.325 e. The molecule has 22 heavy (non-hydrogen) atoms. The van der Waals surface area contributed by atoms with E-state index in [1.807, 2.05) is 0 Å². The molecule has 1 saturated carbocycles. The second-order valence-electron chi connectivity index (χ2n) is 5.67. The van der Waals surface area contributed by atoms with Crippen LogP contribution in [-0.2, 0) is 14.8 Å². The Hall–Kier alpha value is -1.91. The van der Waals surface area contributed by atoms with Gasteiger partial charge in [0.2, 0.25) is 15.9 Å². The predicted molar refractivity (Wildman–Crippen MR) is 82.5 cm³/mol. The first-order valence-electron chi connectivity index (χ1n) is 7.07. The van der Waals surface area contributed by atoms with Gasteiger partial charge >= 0.3 is 0 Å². The normalized spacial score (nSPS) is 17.2. The van der Waals surface area contributed by atoms with E-state index in [9.17, 15) is 18.5 Å². The van der Waals surface area contributed by atoms with Gasteiger partial charge in [-0.15, -0.1) is 0 Å². The number of nitrogens with one attached hydrogen (secondary N) is 1. The number of hydrogen-bond donors (Lipinski definition) is 1. The maximum absolute atomic E-state index is 12.3. The molecule has 1 aromatic carbocycles. The highest BCUT2D eigenvalue weighted by Crippen LogP contribution is 2.38. The van der Waals surface area contributed by atoms with Crippen molar-refractivity contribution in [2.24, 2.45) is 5.41 Å². The Bertz CT molecular complexity index is 697. The molecule has 0 atom stereocenters. The number of sulfonamides is 1. The monoisotopic (exact) mass is 321 g/mol. The summed E-state index contributed by atoms with van der Waals surface area (Å²) in [7, 11) is -0.566. The molecule has 0 saturated heterocycles. The molecule has 7 heteroatoms. The van der Waals surface area contributed by atoms with Gasteiger partial charge in [0.1, 0.15) is 5.41 Å². The van der Waals surface area contributed by atoms with Crippen molar-refractivity contribution >= 4 is 21.6 Å². The third-order valence-corrected chi connectivity index (χ3v) is 5.83. The number of nitrogens with zero attached hydrogens (tertiary/aromatic N) is 2. The topological polar surface area (TPSA) is 90.3 Å². The van der Waals surface area contributed by atoms with E-state index < -0.39 is 15.4 Å². The molecule has 0 bridgehead atoms. The molecule has 1 aromatic rings. The molecular formula is C15H19N3O3S. The highest BCUT2D eigenvalue weighted by Gasteiger charge is 2.41. The van der Waals surface area contributed by atoms with E-state index >= 15 is 0 Å². The van der Waals surface area contributed by atoms with Crippen LogP contribution in [0.25, 0.3) is 0 Å². The lowest BCUT2D eigenvalue weighted by molar-refractivity contribution is -0.122. The number of anilines is 1. The summed E-state index contributed by atoms with van der Waals surface area (Å²) in [5, 5.41) is 12.0. The smallest absolute Gasteiger partial charge is 0.244 e.